The third-order valence-electron chi connectivity index (χ3n) is 2.84. The van der Waals surface area contributed by atoms with Crippen molar-refractivity contribution in [1.82, 2.24) is 14.8 Å². The van der Waals surface area contributed by atoms with E-state index in [0.29, 0.717) is 0 Å². The first kappa shape index (κ1) is 14.1. The second-order valence-corrected chi connectivity index (χ2v) is 5.26. The van der Waals surface area contributed by atoms with Gasteiger partial charge in [0, 0.05) is 18.7 Å². The third-order valence-corrected chi connectivity index (χ3v) is 3.88. The largest absolute Gasteiger partial charge is 0.306 e. The van der Waals surface area contributed by atoms with Crippen molar-refractivity contribution in [2.45, 2.75) is 44.1 Å². The fourth-order valence-corrected chi connectivity index (χ4v) is 2.80. The molecule has 0 saturated heterocycles. The van der Waals surface area contributed by atoms with Crippen LogP contribution >= 0.6 is 11.8 Å². The van der Waals surface area contributed by atoms with Crippen molar-refractivity contribution in [2.75, 3.05) is 0 Å². The number of thioether (sulfide) groups is 1. The highest BCUT2D eigenvalue weighted by molar-refractivity contribution is 7.98. The van der Waals surface area contributed by atoms with Gasteiger partial charge in [-0.05, 0) is 24.1 Å². The van der Waals surface area contributed by atoms with E-state index in [4.69, 9.17) is 0 Å². The van der Waals surface area contributed by atoms with Crippen LogP contribution in [0.3, 0.4) is 0 Å². The first-order valence-corrected chi connectivity index (χ1v) is 7.52. The van der Waals surface area contributed by atoms with E-state index in [9.17, 15) is 4.39 Å². The van der Waals surface area contributed by atoms with Crippen molar-refractivity contribution in [3.63, 3.8) is 0 Å². The number of benzene rings is 1. The van der Waals surface area contributed by atoms with Crippen LogP contribution in [-0.4, -0.2) is 14.8 Å². The number of aromatic nitrogens is 3. The van der Waals surface area contributed by atoms with Crippen LogP contribution in [0, 0.1) is 5.82 Å². The lowest BCUT2D eigenvalue weighted by molar-refractivity contribution is 0.595. The van der Waals surface area contributed by atoms with Gasteiger partial charge in [0.1, 0.15) is 11.6 Å². The maximum atomic E-state index is 12.8. The van der Waals surface area contributed by atoms with Gasteiger partial charge in [0.05, 0.1) is 0 Å². The van der Waals surface area contributed by atoms with Crippen molar-refractivity contribution in [2.24, 2.45) is 0 Å². The molecule has 3 nitrogen and oxygen atoms in total. The number of hydrogen-bond donors (Lipinski definition) is 0. The van der Waals surface area contributed by atoms with E-state index < -0.39 is 0 Å². The van der Waals surface area contributed by atoms with Crippen LogP contribution in [0.25, 0.3) is 0 Å². The zero-order valence-electron chi connectivity index (χ0n) is 11.3. The van der Waals surface area contributed by atoms with Crippen LogP contribution in [0.1, 0.15) is 31.7 Å². The Balaban J connectivity index is 2.06. The Hall–Kier alpha value is -1.36. The number of nitrogens with zero attached hydrogens (tertiary/aromatic N) is 3. The highest BCUT2D eigenvalue weighted by atomic mass is 32.2. The Morgan fingerprint density at radius 1 is 1.16 bits per heavy atom. The van der Waals surface area contributed by atoms with E-state index in [-0.39, 0.29) is 5.82 Å². The van der Waals surface area contributed by atoms with Crippen molar-refractivity contribution in [3.05, 3.63) is 41.5 Å². The highest BCUT2D eigenvalue weighted by Crippen LogP contribution is 2.22. The fraction of sp³-hybridized carbons (Fsp3) is 0.429. The SMILES string of the molecule is CCCn1c(CC)nnc1SCc1ccc(F)cc1. The molecule has 19 heavy (non-hydrogen) atoms. The van der Waals surface area contributed by atoms with Crippen molar-refractivity contribution < 1.29 is 4.39 Å². The van der Waals surface area contributed by atoms with Crippen LogP contribution in [-0.2, 0) is 18.7 Å². The molecule has 0 amide bonds. The summed E-state index contributed by atoms with van der Waals surface area (Å²) < 4.78 is 15.0. The van der Waals surface area contributed by atoms with Gasteiger partial charge in [-0.15, -0.1) is 10.2 Å². The molecule has 0 spiro atoms. The molecular weight excluding hydrogens is 261 g/mol. The predicted molar refractivity (Wildman–Crippen MR) is 75.7 cm³/mol. The molecule has 0 aliphatic rings. The number of rotatable bonds is 6. The van der Waals surface area contributed by atoms with E-state index >= 15 is 0 Å². The molecule has 1 heterocycles. The van der Waals surface area contributed by atoms with Gasteiger partial charge in [-0.25, -0.2) is 4.39 Å². The molecular formula is C14H18FN3S. The highest BCUT2D eigenvalue weighted by Gasteiger charge is 2.10. The molecule has 1 aromatic carbocycles. The number of hydrogen-bond acceptors (Lipinski definition) is 3. The molecule has 0 aliphatic carbocycles. The second kappa shape index (κ2) is 6.70. The summed E-state index contributed by atoms with van der Waals surface area (Å²) in [5.41, 5.74) is 1.09. The molecule has 0 atom stereocenters. The van der Waals surface area contributed by atoms with Crippen molar-refractivity contribution in [1.29, 1.82) is 0 Å². The average Bonchev–Trinajstić information content (AvgIpc) is 2.81. The topological polar surface area (TPSA) is 30.7 Å². The maximum absolute atomic E-state index is 12.8. The third kappa shape index (κ3) is 3.56. The summed E-state index contributed by atoms with van der Waals surface area (Å²) in [5, 5.41) is 9.40. The molecule has 0 fully saturated rings. The van der Waals surface area contributed by atoms with Crippen LogP contribution < -0.4 is 0 Å². The summed E-state index contributed by atoms with van der Waals surface area (Å²) in [4.78, 5) is 0. The van der Waals surface area contributed by atoms with Gasteiger partial charge in [-0.3, -0.25) is 0 Å². The van der Waals surface area contributed by atoms with Crippen LogP contribution in [0.5, 0.6) is 0 Å². The monoisotopic (exact) mass is 279 g/mol. The van der Waals surface area contributed by atoms with Gasteiger partial charge in [-0.1, -0.05) is 37.7 Å². The molecule has 0 bridgehead atoms. The molecule has 0 unspecified atom stereocenters. The Bertz CT molecular complexity index is 522. The van der Waals surface area contributed by atoms with Gasteiger partial charge >= 0.3 is 0 Å². The summed E-state index contributed by atoms with van der Waals surface area (Å²) in [6, 6.07) is 6.60. The lowest BCUT2D eigenvalue weighted by Gasteiger charge is -2.07. The fourth-order valence-electron chi connectivity index (χ4n) is 1.86. The van der Waals surface area contributed by atoms with Crippen molar-refractivity contribution in [3.8, 4) is 0 Å². The molecule has 0 N–H and O–H groups in total. The summed E-state index contributed by atoms with van der Waals surface area (Å²) in [5.74, 6) is 1.62. The molecule has 102 valence electrons. The van der Waals surface area contributed by atoms with Gasteiger partial charge in [-0.2, -0.15) is 0 Å². The summed E-state index contributed by atoms with van der Waals surface area (Å²) in [7, 11) is 0. The lowest BCUT2D eigenvalue weighted by atomic mass is 10.2. The maximum Gasteiger partial charge on any atom is 0.191 e. The minimum absolute atomic E-state index is 0.198. The quantitative estimate of drug-likeness (QED) is 0.756. The minimum atomic E-state index is -0.198. The van der Waals surface area contributed by atoms with E-state index in [2.05, 4.69) is 28.6 Å². The lowest BCUT2D eigenvalue weighted by Crippen LogP contribution is -2.03. The normalized spacial score (nSPS) is 10.9. The Morgan fingerprint density at radius 3 is 2.53 bits per heavy atom. The molecule has 0 radical (unpaired) electrons. The van der Waals surface area contributed by atoms with Gasteiger partial charge in [0.25, 0.3) is 0 Å². The molecule has 5 heteroatoms. The van der Waals surface area contributed by atoms with Gasteiger partial charge < -0.3 is 4.57 Å². The van der Waals surface area contributed by atoms with Crippen LogP contribution in [0.2, 0.25) is 0 Å². The number of halogens is 1. The van der Waals surface area contributed by atoms with Gasteiger partial charge in [0.2, 0.25) is 0 Å². The van der Waals surface area contributed by atoms with E-state index in [1.54, 1.807) is 11.8 Å². The molecule has 2 rings (SSSR count). The molecule has 1 aromatic heterocycles. The van der Waals surface area contributed by atoms with Crippen molar-refractivity contribution >= 4 is 11.8 Å². The number of aryl methyl sites for hydroxylation is 1. The first-order valence-electron chi connectivity index (χ1n) is 6.54. The standard InChI is InChI=1S/C14H18FN3S/c1-3-9-18-13(4-2)16-17-14(18)19-10-11-5-7-12(15)8-6-11/h5-8H,3-4,9-10H2,1-2H3. The van der Waals surface area contributed by atoms with E-state index in [1.165, 1.54) is 12.1 Å². The summed E-state index contributed by atoms with van der Waals surface area (Å²) >= 11 is 1.65. The Labute approximate surface area is 117 Å². The zero-order valence-corrected chi connectivity index (χ0v) is 12.1. The molecule has 0 aliphatic heterocycles. The summed E-state index contributed by atoms with van der Waals surface area (Å²) in [6.07, 6.45) is 1.96. The Kier molecular flexibility index (Phi) is 4.96. The molecule has 2 aromatic rings. The molecule has 0 saturated carbocycles. The first-order chi connectivity index (χ1) is 9.24. The van der Waals surface area contributed by atoms with E-state index in [0.717, 1.165) is 41.7 Å². The second-order valence-electron chi connectivity index (χ2n) is 4.32. The summed E-state index contributed by atoms with van der Waals surface area (Å²) in [6.45, 7) is 5.18. The minimum Gasteiger partial charge on any atom is -0.306 e. The smallest absolute Gasteiger partial charge is 0.191 e. The van der Waals surface area contributed by atoms with E-state index in [1.807, 2.05) is 12.1 Å². The van der Waals surface area contributed by atoms with Crippen LogP contribution in [0.4, 0.5) is 4.39 Å². The van der Waals surface area contributed by atoms with Gasteiger partial charge in [0.15, 0.2) is 5.16 Å². The predicted octanol–water partition coefficient (Wildman–Crippen LogP) is 3.68. The van der Waals surface area contributed by atoms with Crippen LogP contribution in [0.15, 0.2) is 29.4 Å². The Morgan fingerprint density at radius 2 is 1.89 bits per heavy atom. The zero-order chi connectivity index (χ0) is 13.7. The average molecular weight is 279 g/mol.